The molecule has 0 aliphatic heterocycles. The van der Waals surface area contributed by atoms with Gasteiger partial charge in [0.15, 0.2) is 21.3 Å². The highest BCUT2D eigenvalue weighted by atomic mass is 32.2. The Hall–Kier alpha value is -3.33. The molecular weight excluding hydrogens is 419 g/mol. The zero-order valence-electron chi connectivity index (χ0n) is 16.6. The maximum atomic E-state index is 13.1. The van der Waals surface area contributed by atoms with Crippen LogP contribution in [0.1, 0.15) is 29.8 Å². The zero-order valence-corrected chi connectivity index (χ0v) is 17.4. The van der Waals surface area contributed by atoms with Crippen molar-refractivity contribution in [3.8, 4) is 11.3 Å². The van der Waals surface area contributed by atoms with E-state index in [0.29, 0.717) is 16.9 Å². The predicted molar refractivity (Wildman–Crippen MR) is 116 cm³/mol. The number of rotatable bonds is 6. The Bertz CT molecular complexity index is 1210. The first-order valence-electron chi connectivity index (χ1n) is 9.84. The lowest BCUT2D eigenvalue weighted by Crippen LogP contribution is -2.22. The van der Waals surface area contributed by atoms with Gasteiger partial charge in [-0.25, -0.2) is 22.8 Å². The molecule has 1 aromatic heterocycles. The van der Waals surface area contributed by atoms with Crippen LogP contribution in [0, 0.1) is 11.7 Å². The summed E-state index contributed by atoms with van der Waals surface area (Å²) in [6.45, 7) is 0. The molecule has 0 spiro atoms. The fraction of sp³-hybridized carbons (Fsp3) is 0.227. The van der Waals surface area contributed by atoms with Crippen molar-refractivity contribution in [1.82, 2.24) is 9.97 Å². The van der Waals surface area contributed by atoms with Crippen LogP contribution in [0.25, 0.3) is 11.3 Å². The third-order valence-electron chi connectivity index (χ3n) is 5.31. The summed E-state index contributed by atoms with van der Waals surface area (Å²) in [7, 11) is -3.35. The molecule has 7 nitrogen and oxygen atoms in total. The minimum Gasteiger partial charge on any atom is -0.382 e. The van der Waals surface area contributed by atoms with Crippen molar-refractivity contribution in [3.05, 3.63) is 66.2 Å². The monoisotopic (exact) mass is 440 g/mol. The van der Waals surface area contributed by atoms with Gasteiger partial charge in [-0.3, -0.25) is 4.79 Å². The van der Waals surface area contributed by atoms with Gasteiger partial charge >= 0.3 is 0 Å². The molecule has 0 radical (unpaired) electrons. The van der Waals surface area contributed by atoms with Crippen LogP contribution in [0.15, 0.2) is 59.6 Å². The lowest BCUT2D eigenvalue weighted by atomic mass is 9.87. The molecule has 9 heteroatoms. The highest BCUT2D eigenvalue weighted by Gasteiger charge is 2.25. The Balaban J connectivity index is 1.50. The number of halogens is 1. The van der Waals surface area contributed by atoms with Gasteiger partial charge in [0.2, 0.25) is 0 Å². The predicted octanol–water partition coefficient (Wildman–Crippen LogP) is 3.69. The average Bonchev–Trinajstić information content (AvgIpc) is 2.72. The molecule has 1 amide bonds. The van der Waals surface area contributed by atoms with Crippen molar-refractivity contribution in [2.24, 2.45) is 5.92 Å². The van der Waals surface area contributed by atoms with Gasteiger partial charge in [-0.05, 0) is 67.3 Å². The van der Waals surface area contributed by atoms with Crippen molar-refractivity contribution in [1.29, 1.82) is 0 Å². The Labute approximate surface area is 179 Å². The summed E-state index contributed by atoms with van der Waals surface area (Å²) in [6, 6.07) is 11.6. The molecule has 4 rings (SSSR count). The number of nitrogens with two attached hydrogens (primary N) is 1. The van der Waals surface area contributed by atoms with E-state index in [1.807, 2.05) is 0 Å². The third kappa shape index (κ3) is 4.72. The van der Waals surface area contributed by atoms with Gasteiger partial charge in [-0.15, -0.1) is 0 Å². The number of carbonyl (C=O) groups is 1. The van der Waals surface area contributed by atoms with Crippen molar-refractivity contribution < 1.29 is 17.6 Å². The smallest absolute Gasteiger partial charge is 0.278 e. The SMILES string of the molecule is Nc1ncc(-c2ccc(F)cc2)nc1C(=O)Nc1ccc(S(=O)(=O)CC2CCC2)cc1. The molecule has 31 heavy (non-hydrogen) atoms. The molecule has 0 atom stereocenters. The van der Waals surface area contributed by atoms with Crippen molar-refractivity contribution in [2.45, 2.75) is 24.2 Å². The molecule has 160 valence electrons. The zero-order chi connectivity index (χ0) is 22.0. The second-order valence-electron chi connectivity index (χ2n) is 7.55. The number of nitrogen functional groups attached to an aromatic ring is 1. The number of nitrogens with one attached hydrogen (secondary N) is 1. The van der Waals surface area contributed by atoms with E-state index >= 15 is 0 Å². The van der Waals surface area contributed by atoms with Crippen molar-refractivity contribution in [2.75, 3.05) is 16.8 Å². The van der Waals surface area contributed by atoms with Crippen LogP contribution in [-0.2, 0) is 9.84 Å². The number of carbonyl (C=O) groups excluding carboxylic acids is 1. The average molecular weight is 441 g/mol. The second-order valence-corrected chi connectivity index (χ2v) is 9.59. The van der Waals surface area contributed by atoms with E-state index in [4.69, 9.17) is 5.73 Å². The van der Waals surface area contributed by atoms with E-state index in [1.54, 1.807) is 0 Å². The minimum absolute atomic E-state index is 0.0527. The summed E-state index contributed by atoms with van der Waals surface area (Å²) in [5.41, 5.74) is 7.10. The fourth-order valence-electron chi connectivity index (χ4n) is 3.33. The number of aromatic nitrogens is 2. The maximum absolute atomic E-state index is 13.1. The second kappa shape index (κ2) is 8.43. The quantitative estimate of drug-likeness (QED) is 0.604. The molecular formula is C22H21FN4O3S. The molecule has 1 fully saturated rings. The molecule has 0 unspecified atom stereocenters. The summed E-state index contributed by atoms with van der Waals surface area (Å²) in [6.07, 6.45) is 4.39. The van der Waals surface area contributed by atoms with Crippen LogP contribution in [0.3, 0.4) is 0 Å². The molecule has 2 aromatic carbocycles. The summed E-state index contributed by atoms with van der Waals surface area (Å²) in [4.78, 5) is 21.2. The van der Waals surface area contributed by atoms with E-state index in [-0.39, 0.29) is 33.9 Å². The topological polar surface area (TPSA) is 115 Å². The number of nitrogens with zero attached hydrogens (tertiary/aromatic N) is 2. The number of anilines is 2. The maximum Gasteiger partial charge on any atom is 0.278 e. The third-order valence-corrected chi connectivity index (χ3v) is 7.21. The van der Waals surface area contributed by atoms with E-state index in [9.17, 15) is 17.6 Å². The van der Waals surface area contributed by atoms with Gasteiger partial charge in [-0.2, -0.15) is 0 Å². The molecule has 0 bridgehead atoms. The van der Waals surface area contributed by atoms with Crippen LogP contribution >= 0.6 is 0 Å². The van der Waals surface area contributed by atoms with Gasteiger partial charge in [0.25, 0.3) is 5.91 Å². The minimum atomic E-state index is -3.35. The van der Waals surface area contributed by atoms with Gasteiger partial charge in [0.1, 0.15) is 5.82 Å². The largest absolute Gasteiger partial charge is 0.382 e. The summed E-state index contributed by atoms with van der Waals surface area (Å²) >= 11 is 0. The van der Waals surface area contributed by atoms with Gasteiger partial charge in [-0.1, -0.05) is 6.42 Å². The first kappa shape index (κ1) is 20.9. The Kier molecular flexibility index (Phi) is 5.69. The highest BCUT2D eigenvalue weighted by molar-refractivity contribution is 7.91. The number of sulfone groups is 1. The molecule has 1 aliphatic carbocycles. The summed E-state index contributed by atoms with van der Waals surface area (Å²) in [5, 5.41) is 2.65. The van der Waals surface area contributed by atoms with E-state index < -0.39 is 15.7 Å². The number of benzene rings is 2. The molecule has 3 N–H and O–H groups in total. The van der Waals surface area contributed by atoms with E-state index in [0.717, 1.165) is 19.3 Å². The van der Waals surface area contributed by atoms with Crippen LogP contribution in [0.5, 0.6) is 0 Å². The molecule has 1 saturated carbocycles. The lowest BCUT2D eigenvalue weighted by Gasteiger charge is -2.24. The lowest BCUT2D eigenvalue weighted by molar-refractivity contribution is 0.102. The van der Waals surface area contributed by atoms with Crippen LogP contribution in [0.2, 0.25) is 0 Å². The van der Waals surface area contributed by atoms with Crippen LogP contribution < -0.4 is 11.1 Å². The van der Waals surface area contributed by atoms with Crippen LogP contribution in [0.4, 0.5) is 15.9 Å². The number of hydrogen-bond donors (Lipinski definition) is 2. The van der Waals surface area contributed by atoms with Gasteiger partial charge in [0.05, 0.1) is 22.5 Å². The number of hydrogen-bond acceptors (Lipinski definition) is 6. The first-order valence-corrected chi connectivity index (χ1v) is 11.5. The first-order chi connectivity index (χ1) is 14.8. The van der Waals surface area contributed by atoms with E-state index in [1.165, 1.54) is 54.7 Å². The number of amides is 1. The Morgan fingerprint density at radius 2 is 1.77 bits per heavy atom. The Morgan fingerprint density at radius 3 is 2.39 bits per heavy atom. The van der Waals surface area contributed by atoms with Gasteiger partial charge < -0.3 is 11.1 Å². The van der Waals surface area contributed by atoms with Crippen molar-refractivity contribution in [3.63, 3.8) is 0 Å². The fourth-order valence-corrected chi connectivity index (χ4v) is 5.02. The summed E-state index contributed by atoms with van der Waals surface area (Å²) < 4.78 is 38.1. The van der Waals surface area contributed by atoms with Crippen molar-refractivity contribution >= 4 is 27.2 Å². The van der Waals surface area contributed by atoms with E-state index in [2.05, 4.69) is 15.3 Å². The normalized spacial score (nSPS) is 14.1. The summed E-state index contributed by atoms with van der Waals surface area (Å²) in [5.74, 6) is -0.634. The highest BCUT2D eigenvalue weighted by Crippen LogP contribution is 2.30. The Morgan fingerprint density at radius 1 is 1.10 bits per heavy atom. The molecule has 0 saturated heterocycles. The van der Waals surface area contributed by atoms with Gasteiger partial charge in [0, 0.05) is 11.3 Å². The molecule has 1 aliphatic rings. The van der Waals surface area contributed by atoms with Crippen LogP contribution in [-0.4, -0.2) is 30.0 Å². The standard InChI is InChI=1S/C22H21FN4O3S/c23-16-6-4-15(5-7-16)19-12-25-21(24)20(27-19)22(28)26-17-8-10-18(11-9-17)31(29,30)13-14-2-1-3-14/h4-12,14H,1-3,13H2,(H2,24,25)(H,26,28). The molecule has 3 aromatic rings. The molecule has 1 heterocycles.